The topological polar surface area (TPSA) is 88.1 Å². The fourth-order valence-electron chi connectivity index (χ4n) is 3.55. The van der Waals surface area contributed by atoms with Gasteiger partial charge in [0, 0.05) is 17.3 Å². The zero-order valence-electron chi connectivity index (χ0n) is 16.8. The van der Waals surface area contributed by atoms with Gasteiger partial charge in [0.1, 0.15) is 18.5 Å². The summed E-state index contributed by atoms with van der Waals surface area (Å²) in [5, 5.41) is 12.7. The molecule has 1 aliphatic rings. The van der Waals surface area contributed by atoms with E-state index >= 15 is 0 Å². The Labute approximate surface area is 170 Å². The first-order chi connectivity index (χ1) is 13.9. The van der Waals surface area contributed by atoms with Gasteiger partial charge < -0.3 is 24.8 Å². The van der Waals surface area contributed by atoms with Gasteiger partial charge in [-0.1, -0.05) is 12.1 Å². The van der Waals surface area contributed by atoms with Gasteiger partial charge in [0.25, 0.3) is 5.91 Å². The maximum Gasteiger partial charge on any atom is 0.255 e. The molecular formula is C22H26N2O5. The Morgan fingerprint density at radius 3 is 2.41 bits per heavy atom. The number of morpholine rings is 1. The first kappa shape index (κ1) is 20.8. The van der Waals surface area contributed by atoms with Crippen LogP contribution in [0.15, 0.2) is 48.5 Å². The van der Waals surface area contributed by atoms with Crippen LogP contribution in [0, 0.1) is 0 Å². The zero-order chi connectivity index (χ0) is 21.0. The van der Waals surface area contributed by atoms with Crippen LogP contribution in [0.1, 0.15) is 35.9 Å². The fraction of sp³-hybridized carbons (Fsp3) is 0.364. The monoisotopic (exact) mass is 398 g/mol. The minimum absolute atomic E-state index is 0.0185. The van der Waals surface area contributed by atoms with Crippen LogP contribution >= 0.6 is 0 Å². The third kappa shape index (κ3) is 4.58. The average molecular weight is 398 g/mol. The summed E-state index contributed by atoms with van der Waals surface area (Å²) in [5.74, 6) is 0.337. The molecule has 0 bridgehead atoms. The average Bonchev–Trinajstić information content (AvgIpc) is 2.73. The second-order valence-electron chi connectivity index (χ2n) is 7.18. The summed E-state index contributed by atoms with van der Waals surface area (Å²) in [5.41, 5.74) is 2.00. The number of methoxy groups -OCH3 is 1. The molecule has 1 aliphatic heterocycles. The lowest BCUT2D eigenvalue weighted by Crippen LogP contribution is -2.55. The van der Waals surface area contributed by atoms with E-state index in [0.717, 1.165) is 5.56 Å². The number of aliphatic hydroxyl groups excluding tert-OH is 1. The standard InChI is InChI=1S/C22H26N2O5/c1-14(2)24-19(12-25)21(29-13-20(24)26)15-4-8-17(9-5-15)23-22(27)16-6-10-18(28-3)11-7-16/h4-11,14,19,21,25H,12-13H2,1-3H3,(H,23,27). The summed E-state index contributed by atoms with van der Waals surface area (Å²) in [6, 6.07) is 13.6. The molecule has 2 N–H and O–H groups in total. The Morgan fingerprint density at radius 1 is 1.21 bits per heavy atom. The first-order valence-corrected chi connectivity index (χ1v) is 9.53. The minimum atomic E-state index is -0.448. The Morgan fingerprint density at radius 2 is 1.86 bits per heavy atom. The quantitative estimate of drug-likeness (QED) is 0.781. The number of nitrogens with one attached hydrogen (secondary N) is 1. The van der Waals surface area contributed by atoms with Crippen molar-refractivity contribution in [1.82, 2.24) is 4.90 Å². The summed E-state index contributed by atoms with van der Waals surface area (Å²) < 4.78 is 10.8. The number of hydrogen-bond acceptors (Lipinski definition) is 5. The Hall–Kier alpha value is -2.90. The van der Waals surface area contributed by atoms with Crippen LogP contribution in [0.4, 0.5) is 5.69 Å². The Bertz CT molecular complexity index is 849. The third-order valence-electron chi connectivity index (χ3n) is 4.97. The molecule has 0 saturated carbocycles. The fourth-order valence-corrected chi connectivity index (χ4v) is 3.55. The molecule has 1 heterocycles. The van der Waals surface area contributed by atoms with Crippen LogP contribution in [0.25, 0.3) is 0 Å². The van der Waals surface area contributed by atoms with Crippen molar-refractivity contribution in [2.45, 2.75) is 32.0 Å². The van der Waals surface area contributed by atoms with Crippen molar-refractivity contribution in [2.24, 2.45) is 0 Å². The van der Waals surface area contributed by atoms with Crippen LogP contribution in [0.2, 0.25) is 0 Å². The molecule has 0 aliphatic carbocycles. The van der Waals surface area contributed by atoms with Crippen molar-refractivity contribution in [3.63, 3.8) is 0 Å². The predicted molar refractivity (Wildman–Crippen MR) is 109 cm³/mol. The second-order valence-corrected chi connectivity index (χ2v) is 7.18. The molecule has 2 atom stereocenters. The molecule has 7 nitrogen and oxygen atoms in total. The van der Waals surface area contributed by atoms with Crippen LogP contribution in [-0.4, -0.2) is 54.2 Å². The van der Waals surface area contributed by atoms with Gasteiger partial charge in [0.05, 0.1) is 19.8 Å². The zero-order valence-corrected chi connectivity index (χ0v) is 16.8. The van der Waals surface area contributed by atoms with Gasteiger partial charge in [-0.25, -0.2) is 0 Å². The van der Waals surface area contributed by atoms with Crippen molar-refractivity contribution < 1.29 is 24.2 Å². The van der Waals surface area contributed by atoms with Crippen molar-refractivity contribution in [2.75, 3.05) is 25.6 Å². The summed E-state index contributed by atoms with van der Waals surface area (Å²) in [7, 11) is 1.57. The van der Waals surface area contributed by atoms with Gasteiger partial charge in [0.2, 0.25) is 5.91 Å². The van der Waals surface area contributed by atoms with Crippen LogP contribution in [0.5, 0.6) is 5.75 Å². The molecule has 2 unspecified atom stereocenters. The lowest BCUT2D eigenvalue weighted by molar-refractivity contribution is -0.164. The molecule has 3 rings (SSSR count). The van der Waals surface area contributed by atoms with Crippen LogP contribution in [-0.2, 0) is 9.53 Å². The molecule has 2 amide bonds. The molecule has 1 fully saturated rings. The largest absolute Gasteiger partial charge is 0.497 e. The molecule has 0 radical (unpaired) electrons. The summed E-state index contributed by atoms with van der Waals surface area (Å²) in [6.07, 6.45) is -0.425. The molecule has 2 aromatic carbocycles. The number of nitrogens with zero attached hydrogens (tertiary/aromatic N) is 1. The number of carbonyl (C=O) groups is 2. The van der Waals surface area contributed by atoms with E-state index in [1.54, 1.807) is 48.4 Å². The number of rotatable bonds is 6. The van der Waals surface area contributed by atoms with E-state index in [4.69, 9.17) is 9.47 Å². The molecule has 7 heteroatoms. The molecular weight excluding hydrogens is 372 g/mol. The van der Waals surface area contributed by atoms with Gasteiger partial charge >= 0.3 is 0 Å². The molecule has 154 valence electrons. The normalized spacial score (nSPS) is 19.3. The highest BCUT2D eigenvalue weighted by Gasteiger charge is 2.38. The highest BCUT2D eigenvalue weighted by Crippen LogP contribution is 2.31. The number of anilines is 1. The van der Waals surface area contributed by atoms with Crippen molar-refractivity contribution in [3.05, 3.63) is 59.7 Å². The lowest BCUT2D eigenvalue weighted by Gasteiger charge is -2.42. The second kappa shape index (κ2) is 9.07. The maximum absolute atomic E-state index is 12.4. The minimum Gasteiger partial charge on any atom is -0.497 e. The predicted octanol–water partition coefficient (Wildman–Crippen LogP) is 2.62. The van der Waals surface area contributed by atoms with E-state index in [1.165, 1.54) is 0 Å². The lowest BCUT2D eigenvalue weighted by atomic mass is 9.98. The van der Waals surface area contributed by atoms with Crippen molar-refractivity contribution in [1.29, 1.82) is 0 Å². The number of carbonyl (C=O) groups excluding carboxylic acids is 2. The summed E-state index contributed by atoms with van der Waals surface area (Å²) in [6.45, 7) is 3.63. The van der Waals surface area contributed by atoms with Crippen LogP contribution in [0.3, 0.4) is 0 Å². The van der Waals surface area contributed by atoms with Crippen molar-refractivity contribution >= 4 is 17.5 Å². The highest BCUT2D eigenvalue weighted by molar-refractivity contribution is 6.04. The molecule has 29 heavy (non-hydrogen) atoms. The van der Waals surface area contributed by atoms with Crippen molar-refractivity contribution in [3.8, 4) is 5.75 Å². The van der Waals surface area contributed by atoms with Gasteiger partial charge in [-0.3, -0.25) is 9.59 Å². The number of benzene rings is 2. The summed E-state index contributed by atoms with van der Waals surface area (Å²) >= 11 is 0. The van der Waals surface area contributed by atoms with Gasteiger partial charge in [-0.2, -0.15) is 0 Å². The highest BCUT2D eigenvalue weighted by atomic mass is 16.5. The molecule has 0 spiro atoms. The van der Waals surface area contributed by atoms with Gasteiger partial charge in [0.15, 0.2) is 0 Å². The number of ether oxygens (including phenoxy) is 2. The Balaban J connectivity index is 1.72. The number of amides is 2. The van der Waals surface area contributed by atoms with E-state index in [0.29, 0.717) is 17.0 Å². The van der Waals surface area contributed by atoms with E-state index in [-0.39, 0.29) is 31.1 Å². The number of hydrogen-bond donors (Lipinski definition) is 2. The summed E-state index contributed by atoms with van der Waals surface area (Å²) in [4.78, 5) is 26.2. The smallest absolute Gasteiger partial charge is 0.255 e. The Kier molecular flexibility index (Phi) is 6.51. The van der Waals surface area contributed by atoms with Gasteiger partial charge in [-0.05, 0) is 55.8 Å². The third-order valence-corrected chi connectivity index (χ3v) is 4.97. The van der Waals surface area contributed by atoms with E-state index in [9.17, 15) is 14.7 Å². The van der Waals surface area contributed by atoms with Crippen LogP contribution < -0.4 is 10.1 Å². The van der Waals surface area contributed by atoms with Gasteiger partial charge in [-0.15, -0.1) is 0 Å². The molecule has 2 aromatic rings. The SMILES string of the molecule is COc1ccc(C(=O)Nc2ccc(C3OCC(=O)N(C(C)C)C3CO)cc2)cc1. The van der Waals surface area contributed by atoms with E-state index in [2.05, 4.69) is 5.32 Å². The first-order valence-electron chi connectivity index (χ1n) is 9.53. The maximum atomic E-state index is 12.4. The molecule has 0 aromatic heterocycles. The van der Waals surface area contributed by atoms with E-state index < -0.39 is 12.1 Å². The van der Waals surface area contributed by atoms with E-state index in [1.807, 2.05) is 26.0 Å². The number of aliphatic hydroxyl groups is 1. The molecule has 1 saturated heterocycles.